The molecular formula is C37H27F6IrNO3P-. The largest absolute Gasteiger partial charge is 0.528 e. The number of hydrogen-bond donors (Lipinski definition) is 0. The van der Waals surface area contributed by atoms with Gasteiger partial charge in [-0.2, -0.15) is 62.7 Å². The Balaban J connectivity index is 0.000000223. The number of alkyl halides is 6. The molecule has 49 heavy (non-hydrogen) atoms. The van der Waals surface area contributed by atoms with E-state index in [-0.39, 0.29) is 37.4 Å². The van der Waals surface area contributed by atoms with E-state index in [4.69, 9.17) is 13.6 Å². The van der Waals surface area contributed by atoms with Crippen molar-refractivity contribution in [3.8, 4) is 28.5 Å². The summed E-state index contributed by atoms with van der Waals surface area (Å²) in [5, 5.41) is 0. The minimum Gasteiger partial charge on any atom is -0.305 e. The van der Waals surface area contributed by atoms with Gasteiger partial charge in [0.15, 0.2) is 17.2 Å². The molecule has 1 heterocycles. The topological polar surface area (TPSA) is 40.6 Å². The van der Waals surface area contributed by atoms with Crippen molar-refractivity contribution in [3.05, 3.63) is 181 Å². The monoisotopic (exact) mass is 871 g/mol. The van der Waals surface area contributed by atoms with E-state index < -0.39 is 32.1 Å². The molecular weight excluding hydrogens is 844 g/mol. The van der Waals surface area contributed by atoms with Crippen molar-refractivity contribution in [2.24, 2.45) is 0 Å². The van der Waals surface area contributed by atoms with E-state index in [0.29, 0.717) is 6.07 Å². The Labute approximate surface area is 294 Å². The van der Waals surface area contributed by atoms with Crippen LogP contribution in [0.4, 0.5) is 26.3 Å². The Hall–Kier alpha value is -4.69. The van der Waals surface area contributed by atoms with Crippen molar-refractivity contribution in [1.82, 2.24) is 4.98 Å². The summed E-state index contributed by atoms with van der Waals surface area (Å²) in [5.41, 5.74) is -3.23. The van der Waals surface area contributed by atoms with Crippen LogP contribution < -0.4 is 13.6 Å². The first-order chi connectivity index (χ1) is 23.1. The van der Waals surface area contributed by atoms with Crippen molar-refractivity contribution in [2.45, 2.75) is 12.4 Å². The summed E-state index contributed by atoms with van der Waals surface area (Å²) in [4.78, 5) is 3.73. The fraction of sp³-hybridized carbons (Fsp3) is 0.0541. The van der Waals surface area contributed by atoms with Crippen LogP contribution in [-0.2, 0) is 32.5 Å². The average molecular weight is 871 g/mol. The molecule has 0 aliphatic carbocycles. The number of pyridine rings is 1. The predicted octanol–water partition coefficient (Wildman–Crippen LogP) is 11.3. The van der Waals surface area contributed by atoms with Crippen LogP contribution in [0, 0.1) is 12.1 Å². The maximum Gasteiger partial charge on any atom is 0.528 e. The molecule has 0 saturated carbocycles. The molecule has 0 amide bonds. The number of aromatic nitrogens is 1. The van der Waals surface area contributed by atoms with Crippen molar-refractivity contribution >= 4 is 8.60 Å². The van der Waals surface area contributed by atoms with Crippen LogP contribution in [0.3, 0.4) is 0 Å². The molecule has 0 saturated heterocycles. The summed E-state index contributed by atoms with van der Waals surface area (Å²) in [6, 6.07) is 47.9. The summed E-state index contributed by atoms with van der Waals surface area (Å²) in [6.07, 6.45) is -8.51. The van der Waals surface area contributed by atoms with E-state index in [0.717, 1.165) is 17.2 Å². The SMILES string of the molecule is FC(F)(F)c1[c-]c(-c2ccccn2)cc(C(F)(F)F)c1.[Ir].[c-]1ccccc1.c1ccc(O[PH+](Oc2ccccc2)Oc2ccccc2)cc1. The molecule has 5 aromatic carbocycles. The Morgan fingerprint density at radius 1 is 0.531 bits per heavy atom. The molecule has 255 valence electrons. The zero-order chi connectivity index (χ0) is 34.2. The maximum absolute atomic E-state index is 12.7. The fourth-order valence-electron chi connectivity index (χ4n) is 3.71. The van der Waals surface area contributed by atoms with Gasteiger partial charge in [0.05, 0.1) is 0 Å². The van der Waals surface area contributed by atoms with E-state index >= 15 is 0 Å². The van der Waals surface area contributed by atoms with Gasteiger partial charge in [0.1, 0.15) is 0 Å². The van der Waals surface area contributed by atoms with Crippen LogP contribution in [0.2, 0.25) is 0 Å². The minimum atomic E-state index is -4.91. The van der Waals surface area contributed by atoms with Crippen LogP contribution in [0.15, 0.2) is 158 Å². The minimum absolute atomic E-state index is 0. The number of rotatable bonds is 7. The van der Waals surface area contributed by atoms with Gasteiger partial charge < -0.3 is 4.98 Å². The zero-order valence-corrected chi connectivity index (χ0v) is 28.7. The molecule has 0 N–H and O–H groups in total. The predicted molar refractivity (Wildman–Crippen MR) is 173 cm³/mol. The van der Waals surface area contributed by atoms with Crippen molar-refractivity contribution in [3.63, 3.8) is 0 Å². The first-order valence-corrected chi connectivity index (χ1v) is 15.4. The van der Waals surface area contributed by atoms with Crippen LogP contribution in [0.1, 0.15) is 11.1 Å². The molecule has 0 spiro atoms. The van der Waals surface area contributed by atoms with Gasteiger partial charge in [-0.1, -0.05) is 66.7 Å². The smallest absolute Gasteiger partial charge is 0.305 e. The molecule has 0 fully saturated rings. The van der Waals surface area contributed by atoms with Crippen molar-refractivity contribution in [2.75, 3.05) is 0 Å². The van der Waals surface area contributed by atoms with Crippen molar-refractivity contribution in [1.29, 1.82) is 0 Å². The first-order valence-electron chi connectivity index (χ1n) is 14.2. The van der Waals surface area contributed by atoms with Crippen LogP contribution >= 0.6 is 8.60 Å². The molecule has 1 radical (unpaired) electrons. The molecule has 12 heteroatoms. The Bertz CT molecular complexity index is 1610. The quantitative estimate of drug-likeness (QED) is 0.0910. The van der Waals surface area contributed by atoms with Gasteiger partial charge in [-0.3, -0.25) is 13.6 Å². The van der Waals surface area contributed by atoms with Crippen LogP contribution in [0.5, 0.6) is 17.2 Å². The number of halogens is 6. The molecule has 0 unspecified atom stereocenters. The molecule has 1 aromatic heterocycles. The standard InChI is InChI=1S/C18H16O3P.C13H6F6N.C6H5.Ir/c1-4-10-16(11-5-1)19-22(20-17-12-6-2-7-13-17)21-18-14-8-3-9-15-18;14-12(15,16)9-5-8(11-3-1-2-4-20-11)6-10(7-9)13(17,18)19;1-2-4-6-5-3-1;/h1-15,22H;1-5,7H;1-5H;/q+1;2*-1;. The zero-order valence-electron chi connectivity index (χ0n) is 25.3. The summed E-state index contributed by atoms with van der Waals surface area (Å²) in [5.74, 6) is 2.18. The maximum atomic E-state index is 12.7. The molecule has 6 rings (SSSR count). The average Bonchev–Trinajstić information content (AvgIpc) is 3.10. The number of benzene rings is 5. The third kappa shape index (κ3) is 13.8. The second-order valence-electron chi connectivity index (χ2n) is 9.48. The van der Waals surface area contributed by atoms with Gasteiger partial charge >= 0.3 is 21.0 Å². The van der Waals surface area contributed by atoms with Gasteiger partial charge in [-0.25, -0.2) is 0 Å². The molecule has 6 aromatic rings. The molecule has 0 aliphatic heterocycles. The molecule has 0 bridgehead atoms. The van der Waals surface area contributed by atoms with Crippen LogP contribution in [-0.4, -0.2) is 4.98 Å². The summed E-state index contributed by atoms with van der Waals surface area (Å²) >= 11 is 0. The summed E-state index contributed by atoms with van der Waals surface area (Å²) < 4.78 is 93.5. The van der Waals surface area contributed by atoms with E-state index in [1.165, 1.54) is 24.4 Å². The second kappa shape index (κ2) is 19.3. The Morgan fingerprint density at radius 3 is 1.33 bits per heavy atom. The van der Waals surface area contributed by atoms with E-state index in [2.05, 4.69) is 11.1 Å². The molecule has 0 aliphatic rings. The van der Waals surface area contributed by atoms with Gasteiger partial charge in [0.25, 0.3) is 0 Å². The van der Waals surface area contributed by atoms with E-state index in [9.17, 15) is 26.3 Å². The Morgan fingerprint density at radius 2 is 0.980 bits per heavy atom. The number of para-hydroxylation sites is 3. The summed E-state index contributed by atoms with van der Waals surface area (Å²) in [6.45, 7) is 0. The number of hydrogen-bond acceptors (Lipinski definition) is 4. The Kier molecular flexibility index (Phi) is 15.3. The van der Waals surface area contributed by atoms with Gasteiger partial charge in [-0.05, 0) is 59.3 Å². The normalized spacial score (nSPS) is 10.7. The van der Waals surface area contributed by atoms with Crippen LogP contribution in [0.25, 0.3) is 11.3 Å². The fourth-order valence-corrected chi connectivity index (χ4v) is 4.82. The first kappa shape index (κ1) is 38.8. The van der Waals surface area contributed by atoms with Gasteiger partial charge in [0.2, 0.25) is 0 Å². The van der Waals surface area contributed by atoms with Gasteiger partial charge in [-0.15, -0.1) is 23.8 Å². The third-order valence-corrected chi connectivity index (χ3v) is 7.09. The third-order valence-electron chi connectivity index (χ3n) is 5.88. The van der Waals surface area contributed by atoms with Gasteiger partial charge in [0, 0.05) is 26.3 Å². The second-order valence-corrected chi connectivity index (χ2v) is 10.6. The van der Waals surface area contributed by atoms with Crippen molar-refractivity contribution < 1.29 is 60.0 Å². The summed E-state index contributed by atoms with van der Waals surface area (Å²) in [7, 11) is -2.00. The van der Waals surface area contributed by atoms with E-state index in [1.807, 2.05) is 127 Å². The van der Waals surface area contributed by atoms with E-state index in [1.54, 1.807) is 0 Å². The molecule has 4 nitrogen and oxygen atoms in total. The number of nitrogens with zero attached hydrogens (tertiary/aromatic N) is 1. The molecule has 0 atom stereocenters.